The summed E-state index contributed by atoms with van der Waals surface area (Å²) in [6.45, 7) is 4.36. The van der Waals surface area contributed by atoms with Crippen molar-refractivity contribution in [3.05, 3.63) is 76.7 Å². The van der Waals surface area contributed by atoms with Crippen LogP contribution >= 0.6 is 0 Å². The number of ether oxygens (including phenoxy) is 3. The van der Waals surface area contributed by atoms with Crippen LogP contribution in [0.25, 0.3) is 0 Å². The molecule has 0 radical (unpaired) electrons. The fourth-order valence-electron chi connectivity index (χ4n) is 6.99. The Morgan fingerprint density at radius 3 is 2.00 bits per heavy atom. The maximum absolute atomic E-state index is 14.2. The Labute approximate surface area is 224 Å². The third-order valence-electron chi connectivity index (χ3n) is 8.83. The molecule has 3 fully saturated rings. The number of likely N-dealkylation sites (N-methyl/N-ethyl adjacent to an activating group) is 1. The largest absolute Gasteiger partial charge is 0.510 e. The zero-order chi connectivity index (χ0) is 26.6. The maximum atomic E-state index is 14.2. The van der Waals surface area contributed by atoms with Gasteiger partial charge in [-0.3, -0.25) is 0 Å². The Hall–Kier alpha value is -3.26. The number of hydrogen-bond acceptors (Lipinski definition) is 6. The van der Waals surface area contributed by atoms with Crippen LogP contribution in [0.1, 0.15) is 56.6 Å². The van der Waals surface area contributed by atoms with Crippen molar-refractivity contribution in [3.8, 4) is 0 Å². The Morgan fingerprint density at radius 2 is 1.47 bits per heavy atom. The van der Waals surface area contributed by atoms with Gasteiger partial charge in [0.25, 0.3) is 5.60 Å². The first-order valence-corrected chi connectivity index (χ1v) is 13.9. The van der Waals surface area contributed by atoms with Gasteiger partial charge < -0.3 is 18.7 Å². The predicted octanol–water partition coefficient (Wildman–Crippen LogP) is 4.73. The second kappa shape index (κ2) is 11.2. The number of quaternary nitrogens is 1. The van der Waals surface area contributed by atoms with E-state index in [2.05, 4.69) is 0 Å². The molecule has 3 aliphatic heterocycles. The molecule has 8 heteroatoms. The average Bonchev–Trinajstić information content (AvgIpc) is 3.49. The number of nitrogens with zero attached hydrogens (tertiary/aromatic N) is 2. The summed E-state index contributed by atoms with van der Waals surface area (Å²) in [6.07, 6.45) is 5.34. The van der Waals surface area contributed by atoms with E-state index in [1.807, 2.05) is 12.1 Å². The number of carbonyl (C=O) groups excluding carboxylic acids is 2. The molecule has 2 bridgehead atoms. The minimum Gasteiger partial charge on any atom is -0.458 e. The van der Waals surface area contributed by atoms with Crippen molar-refractivity contribution < 1.29 is 33.0 Å². The molecule has 3 saturated heterocycles. The Balaban J connectivity index is 1.42. The predicted molar refractivity (Wildman–Crippen MR) is 140 cm³/mol. The lowest BCUT2D eigenvalue weighted by Crippen LogP contribution is -2.60. The molecule has 2 unspecified atom stereocenters. The molecular formula is C30H38N2O6+2. The van der Waals surface area contributed by atoms with E-state index in [1.165, 1.54) is 43.3 Å². The molecule has 2 aromatic rings. The number of esters is 1. The zero-order valence-corrected chi connectivity index (χ0v) is 22.1. The SMILES string of the molecule is CC[N+](=O)CCOC(=O)OC(C(=O)OC1CC2CCC(C1)[N+]21CCCC1)(c1ccccc1)c1ccccc1. The topological polar surface area (TPSA) is 81.9 Å². The van der Waals surface area contributed by atoms with Gasteiger partial charge in [-0.1, -0.05) is 60.7 Å². The summed E-state index contributed by atoms with van der Waals surface area (Å²) in [6, 6.07) is 19.0. The third-order valence-corrected chi connectivity index (χ3v) is 8.83. The molecule has 0 saturated carbocycles. The van der Waals surface area contributed by atoms with E-state index >= 15 is 0 Å². The first kappa shape index (κ1) is 26.4. The van der Waals surface area contributed by atoms with Crippen LogP contribution < -0.4 is 0 Å². The van der Waals surface area contributed by atoms with Crippen molar-refractivity contribution in [1.82, 2.24) is 0 Å². The fraction of sp³-hybridized carbons (Fsp3) is 0.533. The number of hydrogen-bond donors (Lipinski definition) is 0. The van der Waals surface area contributed by atoms with Crippen LogP contribution in [0.3, 0.4) is 0 Å². The lowest BCUT2D eigenvalue weighted by molar-refractivity contribution is -0.956. The fourth-order valence-corrected chi connectivity index (χ4v) is 6.99. The third kappa shape index (κ3) is 4.94. The molecule has 202 valence electrons. The van der Waals surface area contributed by atoms with Crippen molar-refractivity contribution in [2.45, 2.75) is 69.2 Å². The highest BCUT2D eigenvalue weighted by Gasteiger charge is 2.57. The van der Waals surface area contributed by atoms with Gasteiger partial charge in [0.2, 0.25) is 6.54 Å². The van der Waals surface area contributed by atoms with E-state index in [9.17, 15) is 14.5 Å². The minimum atomic E-state index is -1.84. The molecule has 2 aromatic carbocycles. The van der Waals surface area contributed by atoms with E-state index in [1.54, 1.807) is 55.5 Å². The number of piperidine rings is 1. The highest BCUT2D eigenvalue weighted by Crippen LogP contribution is 2.47. The summed E-state index contributed by atoms with van der Waals surface area (Å²) in [4.78, 5) is 38.8. The van der Waals surface area contributed by atoms with Gasteiger partial charge in [-0.05, 0) is 6.92 Å². The van der Waals surface area contributed by atoms with Gasteiger partial charge >= 0.3 is 12.1 Å². The van der Waals surface area contributed by atoms with Crippen LogP contribution in [0.2, 0.25) is 0 Å². The lowest BCUT2D eigenvalue weighted by atomic mass is 9.85. The quantitative estimate of drug-likeness (QED) is 0.269. The Kier molecular flexibility index (Phi) is 7.79. The van der Waals surface area contributed by atoms with Crippen molar-refractivity contribution in [2.75, 3.05) is 32.8 Å². The molecule has 0 N–H and O–H groups in total. The maximum Gasteiger partial charge on any atom is 0.510 e. The Morgan fingerprint density at radius 1 is 0.921 bits per heavy atom. The lowest BCUT2D eigenvalue weighted by Gasteiger charge is -2.47. The number of rotatable bonds is 9. The number of benzene rings is 2. The van der Waals surface area contributed by atoms with E-state index in [-0.39, 0.29) is 25.8 Å². The van der Waals surface area contributed by atoms with E-state index < -0.39 is 17.7 Å². The molecule has 0 amide bonds. The van der Waals surface area contributed by atoms with E-state index in [4.69, 9.17) is 14.2 Å². The van der Waals surface area contributed by atoms with E-state index in [0.29, 0.717) is 23.2 Å². The molecule has 1 spiro atoms. The standard InChI is InChI=1S/C30H38N2O6/c1-2-31(35)17-20-36-29(34)38-30(23-11-5-3-6-12-23,24-13-7-4-8-14-24)28(33)37-27-21-25-15-16-26(22-27)32(25)18-9-10-19-32/h3-8,11-14,25-27H,2,9-10,15-22H2,1H3/q+2. The second-order valence-corrected chi connectivity index (χ2v) is 10.8. The number of carbonyl (C=O) groups is 2. The molecule has 2 atom stereocenters. The van der Waals surface area contributed by atoms with Crippen molar-refractivity contribution >= 4 is 12.1 Å². The van der Waals surface area contributed by atoms with Gasteiger partial charge in [-0.15, -0.1) is 0 Å². The molecule has 38 heavy (non-hydrogen) atoms. The first-order valence-electron chi connectivity index (χ1n) is 13.9. The summed E-state index contributed by atoms with van der Waals surface area (Å²) < 4.78 is 19.4. The van der Waals surface area contributed by atoms with Crippen molar-refractivity contribution in [1.29, 1.82) is 0 Å². The van der Waals surface area contributed by atoms with Crippen LogP contribution in [0.5, 0.6) is 0 Å². The van der Waals surface area contributed by atoms with Gasteiger partial charge in [-0.25, -0.2) is 9.59 Å². The zero-order valence-electron chi connectivity index (χ0n) is 22.1. The highest BCUT2D eigenvalue weighted by molar-refractivity contribution is 5.88. The van der Waals surface area contributed by atoms with Crippen LogP contribution in [-0.4, -0.2) is 72.3 Å². The highest BCUT2D eigenvalue weighted by atomic mass is 16.7. The van der Waals surface area contributed by atoms with Crippen LogP contribution in [0.15, 0.2) is 60.7 Å². The number of nitroso groups, excluding NO2 is 1. The molecule has 5 rings (SSSR count). The summed E-state index contributed by atoms with van der Waals surface area (Å²) >= 11 is 0. The van der Waals surface area contributed by atoms with E-state index in [0.717, 1.165) is 17.6 Å². The summed E-state index contributed by atoms with van der Waals surface area (Å²) in [5.41, 5.74) is -0.874. The van der Waals surface area contributed by atoms with Crippen molar-refractivity contribution in [3.63, 3.8) is 0 Å². The van der Waals surface area contributed by atoms with Gasteiger partial charge in [0.05, 0.1) is 25.2 Å². The van der Waals surface area contributed by atoms with Gasteiger partial charge in [0.1, 0.15) is 6.10 Å². The smallest absolute Gasteiger partial charge is 0.458 e. The van der Waals surface area contributed by atoms with Crippen LogP contribution in [-0.2, 0) is 24.6 Å². The summed E-state index contributed by atoms with van der Waals surface area (Å²) in [5.74, 6) is -0.620. The van der Waals surface area contributed by atoms with Crippen LogP contribution in [0.4, 0.5) is 4.79 Å². The monoisotopic (exact) mass is 522 g/mol. The summed E-state index contributed by atoms with van der Waals surface area (Å²) in [7, 11) is 0. The van der Waals surface area contributed by atoms with Gasteiger partial charge in [-0.2, -0.15) is 0 Å². The summed E-state index contributed by atoms with van der Waals surface area (Å²) in [5, 5.41) is 0. The Bertz CT molecular complexity index is 1080. The minimum absolute atomic E-state index is 0.0184. The second-order valence-electron chi connectivity index (χ2n) is 10.8. The molecule has 3 heterocycles. The molecular weight excluding hydrogens is 484 g/mol. The average molecular weight is 523 g/mol. The normalized spacial score (nSPS) is 23.7. The molecule has 8 nitrogen and oxygen atoms in total. The van der Waals surface area contributed by atoms with Gasteiger partial charge in [0.15, 0.2) is 13.2 Å². The van der Waals surface area contributed by atoms with Crippen LogP contribution in [0, 0.1) is 4.91 Å². The first-order chi connectivity index (χ1) is 18.5. The molecule has 0 aliphatic carbocycles. The molecule has 0 aromatic heterocycles. The van der Waals surface area contributed by atoms with Gasteiger partial charge in [0, 0.05) is 59.3 Å². The molecule has 3 aliphatic rings. The van der Waals surface area contributed by atoms with Crippen molar-refractivity contribution in [2.24, 2.45) is 0 Å².